The van der Waals surface area contributed by atoms with Crippen LogP contribution in [0.4, 0.5) is 0 Å². The van der Waals surface area contributed by atoms with Gasteiger partial charge in [0.05, 0.1) is 13.7 Å². The fraction of sp³-hybridized carbons (Fsp3) is 0.438. The van der Waals surface area contributed by atoms with Gasteiger partial charge >= 0.3 is 0 Å². The number of guanidine groups is 1. The summed E-state index contributed by atoms with van der Waals surface area (Å²) in [7, 11) is 1.59. The first-order valence-electron chi connectivity index (χ1n) is 6.98. The molecule has 0 fully saturated rings. The Bertz CT molecular complexity index is 513. The summed E-state index contributed by atoms with van der Waals surface area (Å²) in [5.74, 6) is 4.14. The van der Waals surface area contributed by atoms with E-state index in [2.05, 4.69) is 23.2 Å². The standard InChI is InChI=1S/C16H23N3O2.HI/c1-4-6-9-18-16(17)19-12-13-7-8-14(20-3)15(11-13)21-10-5-2;/h2,7-8,11H,4,6,9-10,12H2,1,3H3,(H3,17,18,19);1H. The minimum atomic E-state index is 0. The van der Waals surface area contributed by atoms with Crippen molar-refractivity contribution >= 4 is 29.9 Å². The zero-order valence-electron chi connectivity index (χ0n) is 13.1. The highest BCUT2D eigenvalue weighted by atomic mass is 127. The molecule has 6 heteroatoms. The van der Waals surface area contributed by atoms with Gasteiger partial charge in [-0.1, -0.05) is 25.3 Å². The van der Waals surface area contributed by atoms with E-state index >= 15 is 0 Å². The van der Waals surface area contributed by atoms with Gasteiger partial charge in [0.1, 0.15) is 6.61 Å². The first kappa shape index (κ1) is 20.4. The molecule has 1 rings (SSSR count). The molecule has 22 heavy (non-hydrogen) atoms. The van der Waals surface area contributed by atoms with Gasteiger partial charge in [0, 0.05) is 6.54 Å². The number of methoxy groups -OCH3 is 1. The van der Waals surface area contributed by atoms with Crippen molar-refractivity contribution in [3.63, 3.8) is 0 Å². The number of aliphatic imine (C=N–C) groups is 1. The lowest BCUT2D eigenvalue weighted by atomic mass is 10.2. The maximum atomic E-state index is 5.79. The second-order valence-electron chi connectivity index (χ2n) is 4.46. The predicted molar refractivity (Wildman–Crippen MR) is 101 cm³/mol. The quantitative estimate of drug-likeness (QED) is 0.224. The van der Waals surface area contributed by atoms with Crippen molar-refractivity contribution in [2.75, 3.05) is 20.3 Å². The summed E-state index contributed by atoms with van der Waals surface area (Å²) in [5, 5.41) is 3.07. The molecule has 0 amide bonds. The Morgan fingerprint density at radius 1 is 1.41 bits per heavy atom. The van der Waals surface area contributed by atoms with Gasteiger partial charge in [-0.05, 0) is 24.1 Å². The summed E-state index contributed by atoms with van der Waals surface area (Å²) in [5.41, 5.74) is 6.77. The minimum absolute atomic E-state index is 0. The van der Waals surface area contributed by atoms with E-state index in [0.717, 1.165) is 24.9 Å². The van der Waals surface area contributed by atoms with Crippen molar-refractivity contribution in [3.05, 3.63) is 23.8 Å². The Kier molecular flexibility index (Phi) is 11.1. The van der Waals surface area contributed by atoms with Gasteiger partial charge in [-0.25, -0.2) is 4.99 Å². The number of nitrogens with one attached hydrogen (secondary N) is 1. The predicted octanol–water partition coefficient (Wildman–Crippen LogP) is 2.53. The Hall–Kier alpha value is -1.62. The third-order valence-electron chi connectivity index (χ3n) is 2.81. The Morgan fingerprint density at radius 2 is 2.18 bits per heavy atom. The smallest absolute Gasteiger partial charge is 0.188 e. The van der Waals surface area contributed by atoms with Gasteiger partial charge in [-0.2, -0.15) is 0 Å². The van der Waals surface area contributed by atoms with Crippen molar-refractivity contribution in [1.29, 1.82) is 0 Å². The van der Waals surface area contributed by atoms with Crippen LogP contribution >= 0.6 is 24.0 Å². The van der Waals surface area contributed by atoms with E-state index in [-0.39, 0.29) is 30.6 Å². The van der Waals surface area contributed by atoms with E-state index in [1.54, 1.807) is 7.11 Å². The number of hydrogen-bond acceptors (Lipinski definition) is 3. The van der Waals surface area contributed by atoms with Crippen LogP contribution in [0.5, 0.6) is 11.5 Å². The summed E-state index contributed by atoms with van der Waals surface area (Å²) in [4.78, 5) is 4.29. The van der Waals surface area contributed by atoms with E-state index in [9.17, 15) is 0 Å². The first-order chi connectivity index (χ1) is 10.2. The number of terminal acetylenes is 1. The molecule has 1 aromatic rings. The second kappa shape index (κ2) is 12.0. The van der Waals surface area contributed by atoms with Crippen LogP contribution < -0.4 is 20.5 Å². The van der Waals surface area contributed by atoms with Gasteiger partial charge in [-0.3, -0.25) is 0 Å². The molecule has 0 aromatic heterocycles. The maximum Gasteiger partial charge on any atom is 0.188 e. The number of hydrogen-bond donors (Lipinski definition) is 2. The fourth-order valence-electron chi connectivity index (χ4n) is 1.68. The Balaban J connectivity index is 0.00000441. The van der Waals surface area contributed by atoms with Crippen LogP contribution in [0, 0.1) is 12.3 Å². The van der Waals surface area contributed by atoms with Gasteiger partial charge in [0.15, 0.2) is 17.5 Å². The molecule has 0 aliphatic heterocycles. The molecular formula is C16H24IN3O2. The molecule has 3 N–H and O–H groups in total. The fourth-order valence-corrected chi connectivity index (χ4v) is 1.68. The van der Waals surface area contributed by atoms with Crippen molar-refractivity contribution in [1.82, 2.24) is 5.32 Å². The lowest BCUT2D eigenvalue weighted by Crippen LogP contribution is -2.32. The zero-order chi connectivity index (χ0) is 15.5. The SMILES string of the molecule is C#CCOc1cc(CN=C(N)NCCCC)ccc1OC.I. The number of nitrogens with zero attached hydrogens (tertiary/aromatic N) is 1. The van der Waals surface area contributed by atoms with Crippen molar-refractivity contribution in [3.8, 4) is 23.8 Å². The van der Waals surface area contributed by atoms with E-state index in [1.807, 2.05) is 18.2 Å². The molecule has 0 unspecified atom stereocenters. The summed E-state index contributed by atoms with van der Waals surface area (Å²) in [6.45, 7) is 3.64. The molecule has 0 heterocycles. The molecule has 0 spiro atoms. The van der Waals surface area contributed by atoms with Gasteiger partial charge < -0.3 is 20.5 Å². The van der Waals surface area contributed by atoms with Gasteiger partial charge in [0.25, 0.3) is 0 Å². The molecule has 0 bridgehead atoms. The van der Waals surface area contributed by atoms with Crippen LogP contribution in [0.15, 0.2) is 23.2 Å². The van der Waals surface area contributed by atoms with E-state index in [4.69, 9.17) is 21.6 Å². The van der Waals surface area contributed by atoms with E-state index < -0.39 is 0 Å². The number of ether oxygens (including phenoxy) is 2. The second-order valence-corrected chi connectivity index (χ2v) is 4.46. The molecular weight excluding hydrogens is 393 g/mol. The zero-order valence-corrected chi connectivity index (χ0v) is 15.4. The van der Waals surface area contributed by atoms with E-state index in [1.165, 1.54) is 0 Å². The Morgan fingerprint density at radius 3 is 2.82 bits per heavy atom. The van der Waals surface area contributed by atoms with Crippen molar-refractivity contribution in [2.45, 2.75) is 26.3 Å². The number of halogens is 1. The number of unbranched alkanes of at least 4 members (excludes halogenated alkanes) is 1. The van der Waals surface area contributed by atoms with Gasteiger partial charge in [-0.15, -0.1) is 30.4 Å². The highest BCUT2D eigenvalue weighted by molar-refractivity contribution is 14.0. The summed E-state index contributed by atoms with van der Waals surface area (Å²) < 4.78 is 10.7. The van der Waals surface area contributed by atoms with Crippen LogP contribution in [-0.4, -0.2) is 26.2 Å². The first-order valence-corrected chi connectivity index (χ1v) is 6.98. The summed E-state index contributed by atoms with van der Waals surface area (Å²) in [6.07, 6.45) is 7.39. The largest absolute Gasteiger partial charge is 0.493 e. The highest BCUT2D eigenvalue weighted by Gasteiger charge is 2.05. The number of benzene rings is 1. The summed E-state index contributed by atoms with van der Waals surface area (Å²) >= 11 is 0. The summed E-state index contributed by atoms with van der Waals surface area (Å²) in [6, 6.07) is 5.61. The van der Waals surface area contributed by atoms with Crippen LogP contribution in [0.25, 0.3) is 0 Å². The molecule has 0 saturated carbocycles. The monoisotopic (exact) mass is 417 g/mol. The molecule has 5 nitrogen and oxygen atoms in total. The lowest BCUT2D eigenvalue weighted by molar-refractivity contribution is 0.330. The van der Waals surface area contributed by atoms with Crippen LogP contribution in [0.2, 0.25) is 0 Å². The third kappa shape index (κ3) is 7.41. The third-order valence-corrected chi connectivity index (χ3v) is 2.81. The molecule has 1 aromatic carbocycles. The average Bonchev–Trinajstić information content (AvgIpc) is 2.51. The van der Waals surface area contributed by atoms with Crippen molar-refractivity contribution in [2.24, 2.45) is 10.7 Å². The number of rotatable bonds is 8. The van der Waals surface area contributed by atoms with Gasteiger partial charge in [0.2, 0.25) is 0 Å². The highest BCUT2D eigenvalue weighted by Crippen LogP contribution is 2.28. The normalized spacial score (nSPS) is 10.3. The molecule has 122 valence electrons. The number of nitrogens with two attached hydrogens (primary N) is 1. The lowest BCUT2D eigenvalue weighted by Gasteiger charge is -2.10. The Labute approximate surface area is 149 Å². The van der Waals surface area contributed by atoms with Crippen LogP contribution in [0.1, 0.15) is 25.3 Å². The van der Waals surface area contributed by atoms with Crippen molar-refractivity contribution < 1.29 is 9.47 Å². The van der Waals surface area contributed by atoms with Crippen LogP contribution in [0.3, 0.4) is 0 Å². The van der Waals surface area contributed by atoms with E-state index in [0.29, 0.717) is 24.0 Å². The average molecular weight is 417 g/mol. The minimum Gasteiger partial charge on any atom is -0.493 e. The molecule has 0 radical (unpaired) electrons. The maximum absolute atomic E-state index is 5.79. The topological polar surface area (TPSA) is 68.9 Å². The molecule has 0 aliphatic carbocycles. The molecule has 0 atom stereocenters. The molecule has 0 aliphatic rings. The van der Waals surface area contributed by atoms with Crippen LogP contribution in [-0.2, 0) is 6.54 Å². The molecule has 0 saturated heterocycles.